The number of alkyl halides is 5. The first-order chi connectivity index (χ1) is 10.0. The van der Waals surface area contributed by atoms with Crippen LogP contribution in [0.2, 0.25) is 0 Å². The third kappa shape index (κ3) is 5.15. The second-order valence-electron chi connectivity index (χ2n) is 4.82. The first-order valence-electron chi connectivity index (χ1n) is 6.44. The van der Waals surface area contributed by atoms with Gasteiger partial charge in [0.15, 0.2) is 0 Å². The van der Waals surface area contributed by atoms with E-state index in [0.717, 1.165) is 4.68 Å². The summed E-state index contributed by atoms with van der Waals surface area (Å²) in [4.78, 5) is 11.4. The minimum absolute atomic E-state index is 0.261. The molecule has 126 valence electrons. The molecular weight excluding hydrogens is 311 g/mol. The lowest BCUT2D eigenvalue weighted by molar-refractivity contribution is -0.143. The van der Waals surface area contributed by atoms with Crippen molar-refractivity contribution in [2.75, 3.05) is 6.54 Å². The smallest absolute Gasteiger partial charge is 0.332 e. The van der Waals surface area contributed by atoms with Crippen LogP contribution in [0.4, 0.5) is 26.7 Å². The Kier molecular flexibility index (Phi) is 5.72. The van der Waals surface area contributed by atoms with Gasteiger partial charge in [0.25, 0.3) is 6.43 Å². The van der Waals surface area contributed by atoms with E-state index in [1.165, 1.54) is 20.8 Å². The van der Waals surface area contributed by atoms with Crippen molar-refractivity contribution in [1.29, 1.82) is 0 Å². The molecule has 0 aliphatic rings. The first-order valence-corrected chi connectivity index (χ1v) is 6.44. The second-order valence-corrected chi connectivity index (χ2v) is 4.82. The Balaban J connectivity index is 2.81. The van der Waals surface area contributed by atoms with E-state index in [-0.39, 0.29) is 5.69 Å². The van der Waals surface area contributed by atoms with E-state index >= 15 is 0 Å². The van der Waals surface area contributed by atoms with Crippen LogP contribution in [0.15, 0.2) is 0 Å². The average Bonchev–Trinajstić information content (AvgIpc) is 2.59. The predicted molar refractivity (Wildman–Crippen MR) is 68.7 cm³/mol. The number of urea groups is 1. The van der Waals surface area contributed by atoms with Crippen molar-refractivity contribution in [1.82, 2.24) is 20.4 Å². The fraction of sp³-hybridized carbons (Fsp3) is 0.667. The van der Waals surface area contributed by atoms with Gasteiger partial charge >= 0.3 is 12.2 Å². The highest BCUT2D eigenvalue weighted by Gasteiger charge is 2.30. The molecule has 1 aromatic heterocycles. The summed E-state index contributed by atoms with van der Waals surface area (Å²) in [6.07, 6.45) is -7.09. The van der Waals surface area contributed by atoms with Gasteiger partial charge in [-0.2, -0.15) is 18.3 Å². The first kappa shape index (κ1) is 18.2. The van der Waals surface area contributed by atoms with Gasteiger partial charge in [-0.3, -0.25) is 4.68 Å². The largest absolute Gasteiger partial charge is 0.408 e. The van der Waals surface area contributed by atoms with Crippen LogP contribution in [0.3, 0.4) is 0 Å². The van der Waals surface area contributed by atoms with Crippen molar-refractivity contribution in [2.45, 2.75) is 46.0 Å². The molecule has 0 bridgehead atoms. The van der Waals surface area contributed by atoms with E-state index < -0.39 is 37.8 Å². The molecule has 1 heterocycles. The zero-order valence-electron chi connectivity index (χ0n) is 12.3. The van der Waals surface area contributed by atoms with E-state index in [1.807, 2.05) is 5.32 Å². The summed E-state index contributed by atoms with van der Waals surface area (Å²) in [6.45, 7) is 2.48. The van der Waals surface area contributed by atoms with Crippen LogP contribution in [0.1, 0.15) is 29.9 Å². The highest BCUT2D eigenvalue weighted by Crippen LogP contribution is 2.24. The SMILES string of the molecule is Cc1nn(CC(F)(F)F)c(C)c1[C@@H](C)NC(=O)NCC(F)F. The molecule has 0 radical (unpaired) electrons. The van der Waals surface area contributed by atoms with Crippen LogP contribution in [0.25, 0.3) is 0 Å². The number of rotatable bonds is 5. The number of carbonyl (C=O) groups is 1. The monoisotopic (exact) mass is 328 g/mol. The minimum Gasteiger partial charge on any atom is -0.332 e. The summed E-state index contributed by atoms with van der Waals surface area (Å²) in [5.74, 6) is 0. The van der Waals surface area contributed by atoms with Crippen LogP contribution < -0.4 is 10.6 Å². The van der Waals surface area contributed by atoms with E-state index in [9.17, 15) is 26.7 Å². The predicted octanol–water partition coefficient (Wildman–Crippen LogP) is 2.69. The molecule has 0 saturated carbocycles. The highest BCUT2D eigenvalue weighted by molar-refractivity contribution is 5.74. The van der Waals surface area contributed by atoms with E-state index in [0.29, 0.717) is 11.3 Å². The van der Waals surface area contributed by atoms with Gasteiger partial charge in [-0.1, -0.05) is 0 Å². The molecule has 10 heteroatoms. The Bertz CT molecular complexity index is 526. The zero-order valence-corrected chi connectivity index (χ0v) is 12.3. The van der Waals surface area contributed by atoms with Gasteiger partial charge in [0.1, 0.15) is 6.54 Å². The van der Waals surface area contributed by atoms with E-state index in [4.69, 9.17) is 0 Å². The molecule has 0 unspecified atom stereocenters. The number of amides is 2. The maximum atomic E-state index is 12.4. The molecule has 2 N–H and O–H groups in total. The Labute approximate surface area is 123 Å². The maximum Gasteiger partial charge on any atom is 0.408 e. The minimum atomic E-state index is -4.41. The van der Waals surface area contributed by atoms with Crippen LogP contribution >= 0.6 is 0 Å². The maximum absolute atomic E-state index is 12.4. The Morgan fingerprint density at radius 1 is 1.32 bits per heavy atom. The molecule has 1 atom stereocenters. The fourth-order valence-corrected chi connectivity index (χ4v) is 2.15. The third-order valence-corrected chi connectivity index (χ3v) is 2.96. The number of nitrogens with zero attached hydrogens (tertiary/aromatic N) is 2. The number of aryl methyl sites for hydroxylation is 1. The van der Waals surface area contributed by atoms with Crippen molar-refractivity contribution in [3.63, 3.8) is 0 Å². The number of hydrogen-bond acceptors (Lipinski definition) is 2. The van der Waals surface area contributed by atoms with Crippen molar-refractivity contribution in [3.8, 4) is 0 Å². The average molecular weight is 328 g/mol. The molecule has 5 nitrogen and oxygen atoms in total. The Hall–Kier alpha value is -1.87. The molecule has 22 heavy (non-hydrogen) atoms. The van der Waals surface area contributed by atoms with Gasteiger partial charge in [-0.15, -0.1) is 0 Å². The number of carbonyl (C=O) groups excluding carboxylic acids is 1. The standard InChI is InChI=1S/C12H17F5N4O/c1-6(19-11(22)18-4-9(13)14)10-7(2)20-21(8(10)3)5-12(15,16)17/h6,9H,4-5H2,1-3H3,(H2,18,19,22)/t6-/m1/s1. The number of hydrogen-bond donors (Lipinski definition) is 2. The van der Waals surface area contributed by atoms with Crippen molar-refractivity contribution < 1.29 is 26.7 Å². The molecule has 0 aliphatic carbocycles. The second kappa shape index (κ2) is 6.93. The molecule has 0 spiro atoms. The molecule has 2 amide bonds. The highest BCUT2D eigenvalue weighted by atomic mass is 19.4. The third-order valence-electron chi connectivity index (χ3n) is 2.96. The Morgan fingerprint density at radius 3 is 2.41 bits per heavy atom. The molecule has 0 aliphatic heterocycles. The summed E-state index contributed by atoms with van der Waals surface area (Å²) in [7, 11) is 0. The van der Waals surface area contributed by atoms with E-state index in [2.05, 4.69) is 10.4 Å². The summed E-state index contributed by atoms with van der Waals surface area (Å²) < 4.78 is 62.1. The molecule has 0 aromatic carbocycles. The van der Waals surface area contributed by atoms with Gasteiger partial charge in [-0.25, -0.2) is 13.6 Å². The summed E-state index contributed by atoms with van der Waals surface area (Å²) in [6, 6.07) is -1.49. The summed E-state index contributed by atoms with van der Waals surface area (Å²) in [5, 5.41) is 8.15. The summed E-state index contributed by atoms with van der Waals surface area (Å²) in [5.41, 5.74) is 1.02. The number of halogens is 5. The molecule has 1 aromatic rings. The molecule has 1 rings (SSSR count). The van der Waals surface area contributed by atoms with Crippen molar-refractivity contribution in [2.24, 2.45) is 0 Å². The topological polar surface area (TPSA) is 59.0 Å². The number of nitrogens with one attached hydrogen (secondary N) is 2. The van der Waals surface area contributed by atoms with Gasteiger partial charge in [0.05, 0.1) is 18.3 Å². The molecule has 0 saturated heterocycles. The van der Waals surface area contributed by atoms with Gasteiger partial charge in [0, 0.05) is 11.3 Å². The summed E-state index contributed by atoms with van der Waals surface area (Å²) >= 11 is 0. The van der Waals surface area contributed by atoms with Crippen molar-refractivity contribution in [3.05, 3.63) is 17.0 Å². The van der Waals surface area contributed by atoms with Crippen LogP contribution in [0, 0.1) is 13.8 Å². The molecule has 0 fully saturated rings. The van der Waals surface area contributed by atoms with E-state index in [1.54, 1.807) is 0 Å². The Morgan fingerprint density at radius 2 is 1.91 bits per heavy atom. The van der Waals surface area contributed by atoms with Gasteiger partial charge in [-0.05, 0) is 20.8 Å². The van der Waals surface area contributed by atoms with Crippen LogP contribution in [0.5, 0.6) is 0 Å². The lowest BCUT2D eigenvalue weighted by Gasteiger charge is -2.16. The zero-order chi connectivity index (χ0) is 17.1. The lowest BCUT2D eigenvalue weighted by atomic mass is 10.1. The quantitative estimate of drug-likeness (QED) is 0.817. The number of aromatic nitrogens is 2. The molecular formula is C12H17F5N4O. The lowest BCUT2D eigenvalue weighted by Crippen LogP contribution is -2.39. The fourth-order valence-electron chi connectivity index (χ4n) is 2.15. The van der Waals surface area contributed by atoms with Crippen LogP contribution in [-0.4, -0.2) is 35.0 Å². The van der Waals surface area contributed by atoms with Gasteiger partial charge < -0.3 is 10.6 Å². The van der Waals surface area contributed by atoms with Crippen LogP contribution in [-0.2, 0) is 6.54 Å². The van der Waals surface area contributed by atoms with Crippen molar-refractivity contribution >= 4 is 6.03 Å². The normalized spacial score (nSPS) is 13.3. The van der Waals surface area contributed by atoms with Gasteiger partial charge in [0.2, 0.25) is 0 Å².